The zero-order valence-electron chi connectivity index (χ0n) is 36.3. The zero-order valence-corrected chi connectivity index (χ0v) is 36.3. The van der Waals surface area contributed by atoms with Gasteiger partial charge in [-0.2, -0.15) is 0 Å². The van der Waals surface area contributed by atoms with Gasteiger partial charge in [0.05, 0.1) is 17.4 Å². The van der Waals surface area contributed by atoms with E-state index in [1.54, 1.807) is 0 Å². The predicted octanol–water partition coefficient (Wildman–Crippen LogP) is 16.2. The quantitative estimate of drug-likeness (QED) is 0.143. The zero-order chi connectivity index (χ0) is 42.7. The van der Waals surface area contributed by atoms with E-state index in [1.807, 2.05) is 0 Å². The standard InChI is InChI=1S/C61H52N2/c1-4-52-59(48-23-13-7-14-24-48)41(2)42(3)60(63-61(52)49-25-15-8-16-26-49)50-35-31-45(32-36-50)54-38-37-53(55-27-17-18-28-56(54)55)44-29-33-47(34-30-44)58-40-51(43-19-9-5-10-20-43)39-57(62-58)46-21-11-6-12-22-46/h5-42,52,59-60H,4H2,1-3H3. The molecule has 2 heteroatoms. The van der Waals surface area contributed by atoms with E-state index in [4.69, 9.17) is 9.98 Å². The van der Waals surface area contributed by atoms with E-state index < -0.39 is 0 Å². The van der Waals surface area contributed by atoms with E-state index in [1.165, 1.54) is 61.0 Å². The van der Waals surface area contributed by atoms with Crippen LogP contribution in [-0.2, 0) is 0 Å². The van der Waals surface area contributed by atoms with Crippen LogP contribution in [0, 0.1) is 17.8 Å². The molecule has 1 aliphatic rings. The van der Waals surface area contributed by atoms with Crippen LogP contribution in [0.5, 0.6) is 0 Å². The van der Waals surface area contributed by atoms with Crippen molar-refractivity contribution in [2.45, 2.75) is 39.2 Å². The summed E-state index contributed by atoms with van der Waals surface area (Å²) in [5.41, 5.74) is 16.5. The summed E-state index contributed by atoms with van der Waals surface area (Å²) in [5.74, 6) is 1.48. The Morgan fingerprint density at radius 2 is 0.825 bits per heavy atom. The molecule has 9 aromatic rings. The molecule has 2 nitrogen and oxygen atoms in total. The highest BCUT2D eigenvalue weighted by molar-refractivity contribution is 6.05. The van der Waals surface area contributed by atoms with Gasteiger partial charge in [-0.25, -0.2) is 4.98 Å². The van der Waals surface area contributed by atoms with Gasteiger partial charge in [-0.3, -0.25) is 4.99 Å². The van der Waals surface area contributed by atoms with E-state index in [-0.39, 0.29) is 6.04 Å². The van der Waals surface area contributed by atoms with Gasteiger partial charge in [-0.05, 0) is 97.2 Å². The van der Waals surface area contributed by atoms with Crippen LogP contribution in [0.3, 0.4) is 0 Å². The molecule has 0 aliphatic carbocycles. The molecule has 1 aliphatic heterocycles. The van der Waals surface area contributed by atoms with Crippen LogP contribution in [0.1, 0.15) is 55.8 Å². The van der Waals surface area contributed by atoms with Gasteiger partial charge in [0, 0.05) is 22.8 Å². The third kappa shape index (κ3) is 7.94. The van der Waals surface area contributed by atoms with Gasteiger partial charge in [-0.1, -0.05) is 227 Å². The number of rotatable bonds is 9. The van der Waals surface area contributed by atoms with Crippen molar-refractivity contribution in [1.29, 1.82) is 0 Å². The summed E-state index contributed by atoms with van der Waals surface area (Å²) in [7, 11) is 0. The molecule has 1 aromatic heterocycles. The Hall–Kier alpha value is -7.16. The Morgan fingerprint density at radius 1 is 0.381 bits per heavy atom. The second-order valence-corrected chi connectivity index (χ2v) is 17.3. The van der Waals surface area contributed by atoms with Gasteiger partial charge >= 0.3 is 0 Å². The summed E-state index contributed by atoms with van der Waals surface area (Å²) in [6, 6.07) is 79.2. The lowest BCUT2D eigenvalue weighted by Crippen LogP contribution is -2.28. The Bertz CT molecular complexity index is 2930. The first kappa shape index (κ1) is 39.9. The number of fused-ring (bicyclic) bond motifs is 1. The summed E-state index contributed by atoms with van der Waals surface area (Å²) >= 11 is 0. The molecule has 0 spiro atoms. The molecular weight excluding hydrogens is 761 g/mol. The Morgan fingerprint density at radius 3 is 1.37 bits per heavy atom. The SMILES string of the molecule is CCC1C(c2ccccc2)=NC(c2ccc(-c3ccc(-c4ccc(-c5cc(-c6ccccc6)cc(-c6ccccc6)n5)cc4)c4ccccc34)cc2)C(C)C(C)C1c1ccccc1. The van der Waals surface area contributed by atoms with E-state index in [2.05, 4.69) is 239 Å². The Balaban J connectivity index is 0.978. The van der Waals surface area contributed by atoms with E-state index in [9.17, 15) is 0 Å². The summed E-state index contributed by atoms with van der Waals surface area (Å²) in [6.45, 7) is 7.21. The minimum atomic E-state index is 0.0510. The van der Waals surface area contributed by atoms with Crippen molar-refractivity contribution in [3.63, 3.8) is 0 Å². The molecule has 0 bridgehead atoms. The molecule has 63 heavy (non-hydrogen) atoms. The number of benzene rings is 8. The molecule has 10 rings (SSSR count). The maximum Gasteiger partial charge on any atom is 0.0780 e. The lowest BCUT2D eigenvalue weighted by molar-refractivity contribution is 0.266. The largest absolute Gasteiger partial charge is 0.280 e. The van der Waals surface area contributed by atoms with Crippen molar-refractivity contribution in [3.8, 4) is 55.9 Å². The Labute approximate surface area is 372 Å². The molecule has 0 saturated carbocycles. The fraction of sp³-hybridized carbons (Fsp3) is 0.148. The van der Waals surface area contributed by atoms with Crippen molar-refractivity contribution in [1.82, 2.24) is 4.98 Å². The topological polar surface area (TPSA) is 25.2 Å². The first-order valence-corrected chi connectivity index (χ1v) is 22.6. The fourth-order valence-electron chi connectivity index (χ4n) is 10.2. The summed E-state index contributed by atoms with van der Waals surface area (Å²) < 4.78 is 0. The number of hydrogen-bond donors (Lipinski definition) is 0. The van der Waals surface area contributed by atoms with Crippen molar-refractivity contribution >= 4 is 16.5 Å². The molecular formula is C61H52N2. The molecule has 2 heterocycles. The smallest absolute Gasteiger partial charge is 0.0780 e. The van der Waals surface area contributed by atoms with Crippen LogP contribution in [0.4, 0.5) is 0 Å². The van der Waals surface area contributed by atoms with Gasteiger partial charge in [0.2, 0.25) is 0 Å². The summed E-state index contributed by atoms with van der Waals surface area (Å²) in [6.07, 6.45) is 1.04. The van der Waals surface area contributed by atoms with Crippen molar-refractivity contribution in [2.24, 2.45) is 22.7 Å². The summed E-state index contributed by atoms with van der Waals surface area (Å²) in [4.78, 5) is 10.9. The highest BCUT2D eigenvalue weighted by atomic mass is 14.8. The molecule has 5 atom stereocenters. The van der Waals surface area contributed by atoms with E-state index in [0.717, 1.165) is 34.5 Å². The highest BCUT2D eigenvalue weighted by Crippen LogP contribution is 2.48. The van der Waals surface area contributed by atoms with Crippen LogP contribution >= 0.6 is 0 Å². The predicted molar refractivity (Wildman–Crippen MR) is 266 cm³/mol. The molecule has 306 valence electrons. The minimum Gasteiger partial charge on any atom is -0.280 e. The monoisotopic (exact) mass is 812 g/mol. The van der Waals surface area contributed by atoms with Crippen molar-refractivity contribution in [2.75, 3.05) is 0 Å². The van der Waals surface area contributed by atoms with Gasteiger partial charge in [0.15, 0.2) is 0 Å². The lowest BCUT2D eigenvalue weighted by Gasteiger charge is -2.34. The second kappa shape index (κ2) is 17.7. The molecule has 0 amide bonds. The molecule has 0 N–H and O–H groups in total. The Kier molecular flexibility index (Phi) is 11.2. The third-order valence-electron chi connectivity index (χ3n) is 13.6. The van der Waals surface area contributed by atoms with Gasteiger partial charge < -0.3 is 0 Å². The van der Waals surface area contributed by atoms with Crippen LogP contribution < -0.4 is 0 Å². The first-order chi connectivity index (χ1) is 31.0. The maximum atomic E-state index is 5.75. The van der Waals surface area contributed by atoms with Crippen LogP contribution in [0.25, 0.3) is 66.7 Å². The van der Waals surface area contributed by atoms with Crippen molar-refractivity contribution < 1.29 is 0 Å². The van der Waals surface area contributed by atoms with Crippen LogP contribution in [-0.4, -0.2) is 10.7 Å². The number of pyridine rings is 1. The van der Waals surface area contributed by atoms with Gasteiger partial charge in [-0.15, -0.1) is 0 Å². The van der Waals surface area contributed by atoms with Gasteiger partial charge in [0.1, 0.15) is 0 Å². The van der Waals surface area contributed by atoms with Crippen molar-refractivity contribution in [3.05, 3.63) is 235 Å². The average molecular weight is 813 g/mol. The van der Waals surface area contributed by atoms with Crippen LogP contribution in [0.2, 0.25) is 0 Å². The van der Waals surface area contributed by atoms with Crippen LogP contribution in [0.15, 0.2) is 223 Å². The third-order valence-corrected chi connectivity index (χ3v) is 13.6. The number of nitrogens with zero attached hydrogens (tertiary/aromatic N) is 2. The molecule has 0 fully saturated rings. The van der Waals surface area contributed by atoms with E-state index >= 15 is 0 Å². The molecule has 0 saturated heterocycles. The lowest BCUT2D eigenvalue weighted by atomic mass is 9.69. The molecule has 5 unspecified atom stereocenters. The highest BCUT2D eigenvalue weighted by Gasteiger charge is 2.40. The molecule has 0 radical (unpaired) electrons. The van der Waals surface area contributed by atoms with E-state index in [0.29, 0.717) is 23.7 Å². The average Bonchev–Trinajstić information content (AvgIpc) is 3.47. The maximum absolute atomic E-state index is 5.75. The number of aliphatic imine (C=N–C) groups is 1. The second-order valence-electron chi connectivity index (χ2n) is 17.3. The molecule has 8 aromatic carbocycles. The minimum absolute atomic E-state index is 0.0510. The fourth-order valence-corrected chi connectivity index (χ4v) is 10.2. The van der Waals surface area contributed by atoms with Gasteiger partial charge in [0.25, 0.3) is 0 Å². The number of aromatic nitrogens is 1. The first-order valence-electron chi connectivity index (χ1n) is 22.6. The normalized spacial score (nSPS) is 18.7. The number of hydrogen-bond acceptors (Lipinski definition) is 2. The summed E-state index contributed by atoms with van der Waals surface area (Å²) in [5, 5.41) is 2.48.